The van der Waals surface area contributed by atoms with Crippen LogP contribution >= 0.6 is 0 Å². The molecule has 0 radical (unpaired) electrons. The Kier molecular flexibility index (Phi) is 4.30. The number of carbonyl (C=O) groups is 1. The molecule has 134 valence electrons. The molecule has 1 aliphatic rings. The Morgan fingerprint density at radius 2 is 1.85 bits per heavy atom. The molecule has 2 heterocycles. The molecule has 1 aromatic heterocycles. The zero-order valence-corrected chi connectivity index (χ0v) is 15.0. The lowest BCUT2D eigenvalue weighted by Gasteiger charge is -2.39. The number of fused-ring (bicyclic) bond motifs is 1. The van der Waals surface area contributed by atoms with Gasteiger partial charge in [0.15, 0.2) is 0 Å². The third-order valence-corrected chi connectivity index (χ3v) is 4.87. The largest absolute Gasteiger partial charge is 0.322 e. The van der Waals surface area contributed by atoms with Crippen LogP contribution in [0.15, 0.2) is 48.5 Å². The maximum absolute atomic E-state index is 12.8. The van der Waals surface area contributed by atoms with Crippen molar-refractivity contribution in [1.29, 1.82) is 0 Å². The van der Waals surface area contributed by atoms with Crippen LogP contribution in [0.2, 0.25) is 0 Å². The van der Waals surface area contributed by atoms with E-state index in [1.54, 1.807) is 7.05 Å². The Balaban J connectivity index is 1.52. The Bertz CT molecular complexity index is 922. The zero-order chi connectivity index (χ0) is 18.1. The molecular formula is C19H22N6O. The van der Waals surface area contributed by atoms with Crippen LogP contribution in [-0.4, -0.2) is 57.5 Å². The highest BCUT2D eigenvalue weighted by atomic mass is 16.2. The molecule has 26 heavy (non-hydrogen) atoms. The number of likely N-dealkylation sites (N-methyl/N-ethyl adjacent to an activating group) is 1. The topological polar surface area (TPSA) is 66.3 Å². The molecule has 4 rings (SSSR count). The van der Waals surface area contributed by atoms with Crippen molar-refractivity contribution in [2.24, 2.45) is 7.05 Å². The summed E-state index contributed by atoms with van der Waals surface area (Å²) in [6, 6.07) is 16.0. The number of aryl methyl sites for hydroxylation is 1. The van der Waals surface area contributed by atoms with E-state index >= 15 is 0 Å². The van der Waals surface area contributed by atoms with Gasteiger partial charge in [-0.1, -0.05) is 36.4 Å². The van der Waals surface area contributed by atoms with E-state index in [0.717, 1.165) is 12.1 Å². The quantitative estimate of drug-likeness (QED) is 0.771. The molecule has 1 atom stereocenters. The van der Waals surface area contributed by atoms with Crippen LogP contribution in [-0.2, 0) is 7.05 Å². The number of hydrogen-bond donors (Lipinski definition) is 1. The molecule has 1 aliphatic heterocycles. The van der Waals surface area contributed by atoms with Gasteiger partial charge in [0.25, 0.3) is 0 Å². The minimum absolute atomic E-state index is 0.0998. The van der Waals surface area contributed by atoms with Gasteiger partial charge in [-0.25, -0.2) is 4.79 Å². The van der Waals surface area contributed by atoms with Crippen LogP contribution in [0.5, 0.6) is 0 Å². The molecule has 0 unspecified atom stereocenters. The van der Waals surface area contributed by atoms with Gasteiger partial charge in [0, 0.05) is 26.7 Å². The molecule has 1 fully saturated rings. The SMILES string of the molecule is CN1CCN(C(=O)Nc2cccc3nn(C)nc23)C[C@@H]1c1ccccc1. The summed E-state index contributed by atoms with van der Waals surface area (Å²) < 4.78 is 0. The average Bonchev–Trinajstić information content (AvgIpc) is 3.04. The van der Waals surface area contributed by atoms with Crippen molar-refractivity contribution in [3.05, 3.63) is 54.1 Å². The van der Waals surface area contributed by atoms with Gasteiger partial charge < -0.3 is 10.2 Å². The van der Waals surface area contributed by atoms with Gasteiger partial charge in [0.1, 0.15) is 11.0 Å². The van der Waals surface area contributed by atoms with E-state index in [9.17, 15) is 4.79 Å². The van der Waals surface area contributed by atoms with E-state index in [0.29, 0.717) is 24.3 Å². The predicted octanol–water partition coefficient (Wildman–Crippen LogP) is 2.49. The van der Waals surface area contributed by atoms with Gasteiger partial charge in [-0.3, -0.25) is 4.90 Å². The number of benzene rings is 2. The summed E-state index contributed by atoms with van der Waals surface area (Å²) in [6.07, 6.45) is 0. The molecule has 1 N–H and O–H groups in total. The van der Waals surface area contributed by atoms with E-state index in [1.165, 1.54) is 10.4 Å². The Morgan fingerprint density at radius 1 is 1.04 bits per heavy atom. The Hall–Kier alpha value is -2.93. The van der Waals surface area contributed by atoms with Crippen molar-refractivity contribution < 1.29 is 4.79 Å². The number of nitrogens with one attached hydrogen (secondary N) is 1. The van der Waals surface area contributed by atoms with Crippen molar-refractivity contribution in [3.63, 3.8) is 0 Å². The monoisotopic (exact) mass is 350 g/mol. The summed E-state index contributed by atoms with van der Waals surface area (Å²) in [7, 11) is 3.88. The first-order valence-electron chi connectivity index (χ1n) is 8.73. The summed E-state index contributed by atoms with van der Waals surface area (Å²) in [4.78, 5) is 18.5. The lowest BCUT2D eigenvalue weighted by atomic mass is 10.0. The van der Waals surface area contributed by atoms with E-state index < -0.39 is 0 Å². The van der Waals surface area contributed by atoms with Gasteiger partial charge in [-0.05, 0) is 24.7 Å². The lowest BCUT2D eigenvalue weighted by molar-refractivity contribution is 0.116. The van der Waals surface area contributed by atoms with Gasteiger partial charge in [-0.15, -0.1) is 0 Å². The second kappa shape index (κ2) is 6.76. The third-order valence-electron chi connectivity index (χ3n) is 4.87. The van der Waals surface area contributed by atoms with Crippen LogP contribution in [0.4, 0.5) is 10.5 Å². The summed E-state index contributed by atoms with van der Waals surface area (Å²) in [5, 5.41) is 11.6. The number of nitrogens with zero attached hydrogens (tertiary/aromatic N) is 5. The molecule has 0 aliphatic carbocycles. The first-order valence-corrected chi connectivity index (χ1v) is 8.73. The molecule has 2 aromatic carbocycles. The molecule has 1 saturated heterocycles. The van der Waals surface area contributed by atoms with Crippen LogP contribution in [0, 0.1) is 0 Å². The maximum atomic E-state index is 12.8. The molecule has 0 spiro atoms. The Morgan fingerprint density at radius 3 is 2.65 bits per heavy atom. The molecular weight excluding hydrogens is 328 g/mol. The molecule has 3 aromatic rings. The lowest BCUT2D eigenvalue weighted by Crippen LogP contribution is -2.50. The summed E-state index contributed by atoms with van der Waals surface area (Å²) in [5.41, 5.74) is 3.39. The van der Waals surface area contributed by atoms with Crippen molar-refractivity contribution >= 4 is 22.8 Å². The van der Waals surface area contributed by atoms with Crippen LogP contribution in [0.1, 0.15) is 11.6 Å². The summed E-state index contributed by atoms with van der Waals surface area (Å²) in [5.74, 6) is 0. The fraction of sp³-hybridized carbons (Fsp3) is 0.316. The number of aromatic nitrogens is 3. The standard InChI is InChI=1S/C19H22N6O/c1-23-11-12-25(13-17(23)14-7-4-3-5-8-14)19(26)20-15-9-6-10-16-18(15)22-24(2)21-16/h3-10,17H,11-13H2,1-2H3,(H,20,26)/t17-/m1/s1. The van der Waals surface area contributed by atoms with E-state index in [-0.39, 0.29) is 12.1 Å². The molecule has 0 bridgehead atoms. The van der Waals surface area contributed by atoms with Crippen molar-refractivity contribution in [1.82, 2.24) is 24.8 Å². The number of urea groups is 1. The molecule has 0 saturated carbocycles. The predicted molar refractivity (Wildman–Crippen MR) is 101 cm³/mol. The van der Waals surface area contributed by atoms with E-state index in [4.69, 9.17) is 0 Å². The third kappa shape index (κ3) is 3.13. The van der Waals surface area contributed by atoms with Gasteiger partial charge >= 0.3 is 6.03 Å². The second-order valence-corrected chi connectivity index (χ2v) is 6.65. The van der Waals surface area contributed by atoms with Crippen LogP contribution < -0.4 is 5.32 Å². The second-order valence-electron chi connectivity index (χ2n) is 6.65. The first kappa shape index (κ1) is 16.5. The fourth-order valence-corrected chi connectivity index (χ4v) is 3.43. The smallest absolute Gasteiger partial charge is 0.321 e. The highest BCUT2D eigenvalue weighted by Crippen LogP contribution is 2.25. The van der Waals surface area contributed by atoms with Crippen molar-refractivity contribution in [3.8, 4) is 0 Å². The summed E-state index contributed by atoms with van der Waals surface area (Å²) >= 11 is 0. The normalized spacial score (nSPS) is 18.2. The van der Waals surface area contributed by atoms with Crippen LogP contribution in [0.25, 0.3) is 11.0 Å². The van der Waals surface area contributed by atoms with Crippen LogP contribution in [0.3, 0.4) is 0 Å². The van der Waals surface area contributed by atoms with Gasteiger partial charge in [-0.2, -0.15) is 15.0 Å². The molecule has 7 heteroatoms. The molecule has 7 nitrogen and oxygen atoms in total. The van der Waals surface area contributed by atoms with Gasteiger partial charge in [0.2, 0.25) is 0 Å². The number of rotatable bonds is 2. The van der Waals surface area contributed by atoms with E-state index in [1.807, 2.05) is 41.3 Å². The number of carbonyl (C=O) groups excluding carboxylic acids is 1. The fourth-order valence-electron chi connectivity index (χ4n) is 3.43. The first-order chi connectivity index (χ1) is 12.6. The zero-order valence-electron chi connectivity index (χ0n) is 15.0. The minimum atomic E-state index is -0.0998. The average molecular weight is 350 g/mol. The highest BCUT2D eigenvalue weighted by Gasteiger charge is 2.28. The maximum Gasteiger partial charge on any atom is 0.322 e. The number of anilines is 1. The summed E-state index contributed by atoms with van der Waals surface area (Å²) in [6.45, 7) is 2.19. The van der Waals surface area contributed by atoms with Crippen molar-refractivity contribution in [2.75, 3.05) is 32.0 Å². The van der Waals surface area contributed by atoms with Crippen molar-refractivity contribution in [2.45, 2.75) is 6.04 Å². The molecule has 2 amide bonds. The number of amides is 2. The number of piperazine rings is 1. The van der Waals surface area contributed by atoms with E-state index in [2.05, 4.69) is 39.6 Å². The highest BCUT2D eigenvalue weighted by molar-refractivity contribution is 5.98. The van der Waals surface area contributed by atoms with Gasteiger partial charge in [0.05, 0.1) is 11.7 Å². The Labute approximate surface area is 152 Å². The number of hydrogen-bond acceptors (Lipinski definition) is 4. The minimum Gasteiger partial charge on any atom is -0.321 e.